The molecule has 0 spiro atoms. The van der Waals surface area contributed by atoms with Gasteiger partial charge in [-0.05, 0) is 6.07 Å². The Balaban J connectivity index is 3.31. The molecular weight excluding hydrogens is 206 g/mol. The molecule has 1 aromatic heterocycles. The Hall–Kier alpha value is -1.56. The van der Waals surface area contributed by atoms with Gasteiger partial charge in [0.25, 0.3) is 6.43 Å². The number of ether oxygens (including phenoxy) is 1. The molecule has 4 nitrogen and oxygen atoms in total. The van der Waals surface area contributed by atoms with Gasteiger partial charge in [-0.15, -0.1) is 0 Å². The number of methoxy groups -OCH3 is 1. The van der Waals surface area contributed by atoms with Crippen LogP contribution in [0.2, 0.25) is 0 Å². The second-order valence-corrected chi connectivity index (χ2v) is 2.72. The van der Waals surface area contributed by atoms with Crippen LogP contribution < -0.4 is 5.73 Å². The summed E-state index contributed by atoms with van der Waals surface area (Å²) in [6, 6.07) is 1.19. The van der Waals surface area contributed by atoms with Crippen molar-refractivity contribution in [3.05, 3.63) is 29.1 Å². The topological polar surface area (TPSA) is 65.2 Å². The zero-order chi connectivity index (χ0) is 11.4. The Morgan fingerprint density at radius 1 is 1.67 bits per heavy atom. The van der Waals surface area contributed by atoms with Crippen LogP contribution in [0.3, 0.4) is 0 Å². The van der Waals surface area contributed by atoms with Crippen LogP contribution in [0.1, 0.15) is 28.0 Å². The lowest BCUT2D eigenvalue weighted by molar-refractivity contribution is 0.0588. The lowest BCUT2D eigenvalue weighted by Gasteiger charge is -2.10. The SMILES string of the molecule is COC(=O)c1ccnc(CN)c1C(F)F. The average molecular weight is 216 g/mol. The number of pyridine rings is 1. The van der Waals surface area contributed by atoms with Crippen molar-refractivity contribution in [3.63, 3.8) is 0 Å². The first-order valence-electron chi connectivity index (χ1n) is 4.16. The third-order valence-electron chi connectivity index (χ3n) is 1.89. The summed E-state index contributed by atoms with van der Waals surface area (Å²) in [6.07, 6.45) is -1.55. The third kappa shape index (κ3) is 2.27. The molecular formula is C9H10F2N2O2. The summed E-state index contributed by atoms with van der Waals surface area (Å²) in [5, 5.41) is 0. The fourth-order valence-electron chi connectivity index (χ4n) is 1.21. The summed E-state index contributed by atoms with van der Waals surface area (Å²) in [5.41, 5.74) is 4.61. The zero-order valence-corrected chi connectivity index (χ0v) is 8.04. The monoisotopic (exact) mass is 216 g/mol. The van der Waals surface area contributed by atoms with Crippen molar-refractivity contribution in [2.24, 2.45) is 5.73 Å². The highest BCUT2D eigenvalue weighted by Gasteiger charge is 2.22. The molecule has 0 aliphatic heterocycles. The lowest BCUT2D eigenvalue weighted by atomic mass is 10.1. The van der Waals surface area contributed by atoms with Crippen LogP contribution in [0.5, 0.6) is 0 Å². The minimum Gasteiger partial charge on any atom is -0.465 e. The molecule has 1 heterocycles. The van der Waals surface area contributed by atoms with E-state index in [1.165, 1.54) is 12.3 Å². The quantitative estimate of drug-likeness (QED) is 0.772. The lowest BCUT2D eigenvalue weighted by Crippen LogP contribution is -2.12. The highest BCUT2D eigenvalue weighted by Crippen LogP contribution is 2.25. The summed E-state index contributed by atoms with van der Waals surface area (Å²) in [4.78, 5) is 14.9. The molecule has 0 aromatic carbocycles. The third-order valence-corrected chi connectivity index (χ3v) is 1.89. The maximum Gasteiger partial charge on any atom is 0.338 e. The number of aromatic nitrogens is 1. The Kier molecular flexibility index (Phi) is 3.68. The molecule has 0 atom stereocenters. The first-order chi connectivity index (χ1) is 7.11. The van der Waals surface area contributed by atoms with Crippen LogP contribution in [-0.2, 0) is 11.3 Å². The van der Waals surface area contributed by atoms with Gasteiger partial charge in [0.1, 0.15) is 0 Å². The molecule has 6 heteroatoms. The number of rotatable bonds is 3. The van der Waals surface area contributed by atoms with Crippen molar-refractivity contribution in [1.82, 2.24) is 4.98 Å². The molecule has 0 amide bonds. The van der Waals surface area contributed by atoms with Crippen molar-refractivity contribution in [2.75, 3.05) is 7.11 Å². The van der Waals surface area contributed by atoms with E-state index in [0.717, 1.165) is 7.11 Å². The van der Waals surface area contributed by atoms with E-state index in [0.29, 0.717) is 0 Å². The van der Waals surface area contributed by atoms with Crippen molar-refractivity contribution in [2.45, 2.75) is 13.0 Å². The Morgan fingerprint density at radius 3 is 2.80 bits per heavy atom. The average Bonchev–Trinajstić information content (AvgIpc) is 2.26. The van der Waals surface area contributed by atoms with Gasteiger partial charge in [0, 0.05) is 12.7 Å². The van der Waals surface area contributed by atoms with E-state index in [2.05, 4.69) is 9.72 Å². The predicted molar refractivity (Wildman–Crippen MR) is 48.4 cm³/mol. The van der Waals surface area contributed by atoms with Gasteiger partial charge in [0.2, 0.25) is 0 Å². The molecule has 0 unspecified atom stereocenters. The largest absolute Gasteiger partial charge is 0.465 e. The normalized spacial score (nSPS) is 10.5. The van der Waals surface area contributed by atoms with E-state index in [1.54, 1.807) is 0 Å². The summed E-state index contributed by atoms with van der Waals surface area (Å²) in [7, 11) is 1.13. The number of carbonyl (C=O) groups is 1. The van der Waals surface area contributed by atoms with E-state index in [1.807, 2.05) is 0 Å². The van der Waals surface area contributed by atoms with Gasteiger partial charge >= 0.3 is 5.97 Å². The van der Waals surface area contributed by atoms with Crippen LogP contribution in [0.25, 0.3) is 0 Å². The van der Waals surface area contributed by atoms with Crippen LogP contribution in [0, 0.1) is 0 Å². The van der Waals surface area contributed by atoms with Crippen LogP contribution in [0.4, 0.5) is 8.78 Å². The van der Waals surface area contributed by atoms with Gasteiger partial charge in [-0.25, -0.2) is 13.6 Å². The summed E-state index contributed by atoms with van der Waals surface area (Å²) >= 11 is 0. The number of carbonyl (C=O) groups excluding carboxylic acids is 1. The van der Waals surface area contributed by atoms with Crippen molar-refractivity contribution >= 4 is 5.97 Å². The van der Waals surface area contributed by atoms with Gasteiger partial charge < -0.3 is 10.5 Å². The molecule has 2 N–H and O–H groups in total. The second kappa shape index (κ2) is 4.79. The molecule has 82 valence electrons. The number of esters is 1. The fraction of sp³-hybridized carbons (Fsp3) is 0.333. The van der Waals surface area contributed by atoms with E-state index in [-0.39, 0.29) is 17.8 Å². The van der Waals surface area contributed by atoms with Crippen molar-refractivity contribution in [1.29, 1.82) is 0 Å². The van der Waals surface area contributed by atoms with Crippen molar-refractivity contribution in [3.8, 4) is 0 Å². The Morgan fingerprint density at radius 2 is 2.33 bits per heavy atom. The van der Waals surface area contributed by atoms with Gasteiger partial charge in [0.05, 0.1) is 23.9 Å². The van der Waals surface area contributed by atoms with Crippen LogP contribution >= 0.6 is 0 Å². The number of halogens is 2. The molecule has 0 radical (unpaired) electrons. The number of nitrogens with zero attached hydrogens (tertiary/aromatic N) is 1. The molecule has 1 rings (SSSR count). The minimum atomic E-state index is -2.80. The zero-order valence-electron chi connectivity index (χ0n) is 8.04. The van der Waals surface area contributed by atoms with Crippen LogP contribution in [-0.4, -0.2) is 18.1 Å². The molecule has 0 saturated heterocycles. The van der Waals surface area contributed by atoms with Gasteiger partial charge in [0.15, 0.2) is 0 Å². The van der Waals surface area contributed by atoms with E-state index in [9.17, 15) is 13.6 Å². The summed E-state index contributed by atoms with van der Waals surface area (Å²) < 4.78 is 29.7. The molecule has 0 aliphatic carbocycles. The number of alkyl halides is 2. The summed E-state index contributed by atoms with van der Waals surface area (Å²) in [6.45, 7) is -0.148. The predicted octanol–water partition coefficient (Wildman–Crippen LogP) is 1.26. The number of hydrogen-bond acceptors (Lipinski definition) is 4. The van der Waals surface area contributed by atoms with Crippen LogP contribution in [0.15, 0.2) is 12.3 Å². The van der Waals surface area contributed by atoms with E-state index >= 15 is 0 Å². The van der Waals surface area contributed by atoms with Gasteiger partial charge in [-0.1, -0.05) is 0 Å². The standard InChI is InChI=1S/C9H10F2N2O2/c1-15-9(14)5-2-3-13-6(4-12)7(5)8(10)11/h2-3,8H,4,12H2,1H3. The maximum atomic E-state index is 12.7. The molecule has 0 fully saturated rings. The molecule has 0 saturated carbocycles. The van der Waals surface area contributed by atoms with E-state index in [4.69, 9.17) is 5.73 Å². The molecule has 0 bridgehead atoms. The molecule has 15 heavy (non-hydrogen) atoms. The van der Waals surface area contributed by atoms with Crippen molar-refractivity contribution < 1.29 is 18.3 Å². The Labute approximate surface area is 85.1 Å². The molecule has 1 aromatic rings. The first-order valence-corrected chi connectivity index (χ1v) is 4.16. The number of hydrogen-bond donors (Lipinski definition) is 1. The first kappa shape index (κ1) is 11.5. The van der Waals surface area contributed by atoms with Gasteiger partial charge in [-0.3, -0.25) is 4.98 Å². The Bertz CT molecular complexity index is 369. The highest BCUT2D eigenvalue weighted by molar-refractivity contribution is 5.91. The molecule has 0 aliphatic rings. The minimum absolute atomic E-state index is 0.00731. The van der Waals surface area contributed by atoms with Gasteiger partial charge in [-0.2, -0.15) is 0 Å². The van der Waals surface area contributed by atoms with E-state index < -0.39 is 18.0 Å². The summed E-state index contributed by atoms with van der Waals surface area (Å²) in [5.74, 6) is -0.817. The smallest absolute Gasteiger partial charge is 0.338 e. The maximum absolute atomic E-state index is 12.7. The number of nitrogens with two attached hydrogens (primary N) is 1. The second-order valence-electron chi connectivity index (χ2n) is 2.72. The highest BCUT2D eigenvalue weighted by atomic mass is 19.3. The fourth-order valence-corrected chi connectivity index (χ4v) is 1.21.